The van der Waals surface area contributed by atoms with Gasteiger partial charge < -0.3 is 20.3 Å². The van der Waals surface area contributed by atoms with Crippen LogP contribution in [0.1, 0.15) is 43.9 Å². The van der Waals surface area contributed by atoms with Crippen LogP contribution in [0.5, 0.6) is 5.75 Å². The fraction of sp³-hybridized carbons (Fsp3) is 0.600. The summed E-state index contributed by atoms with van der Waals surface area (Å²) in [6.07, 6.45) is -0.666. The topological polar surface area (TPSA) is 61.7 Å². The van der Waals surface area contributed by atoms with Gasteiger partial charge in [0.25, 0.3) is 0 Å². The Labute approximate surface area is 115 Å². The minimum absolute atomic E-state index is 0.0558. The lowest BCUT2D eigenvalue weighted by atomic mass is 9.95. The summed E-state index contributed by atoms with van der Waals surface area (Å²) in [6, 6.07) is 5.76. The van der Waals surface area contributed by atoms with E-state index >= 15 is 0 Å². The van der Waals surface area contributed by atoms with E-state index in [1.165, 1.54) is 5.56 Å². The Hall–Kier alpha value is -1.10. The number of aliphatic hydroxyl groups is 2. The van der Waals surface area contributed by atoms with Crippen molar-refractivity contribution in [3.63, 3.8) is 0 Å². The molecule has 108 valence electrons. The highest BCUT2D eigenvalue weighted by molar-refractivity contribution is 5.40. The van der Waals surface area contributed by atoms with Crippen molar-refractivity contribution in [1.29, 1.82) is 0 Å². The molecule has 0 aromatic heterocycles. The van der Waals surface area contributed by atoms with E-state index in [1.807, 2.05) is 25.1 Å². The van der Waals surface area contributed by atoms with Gasteiger partial charge in [-0.05, 0) is 30.5 Å². The molecule has 1 aromatic rings. The molecule has 1 rings (SSSR count). The summed E-state index contributed by atoms with van der Waals surface area (Å²) in [4.78, 5) is 0. The molecule has 0 spiro atoms. The lowest BCUT2D eigenvalue weighted by Crippen LogP contribution is -2.34. The van der Waals surface area contributed by atoms with Crippen molar-refractivity contribution in [2.45, 2.75) is 38.8 Å². The van der Waals surface area contributed by atoms with Crippen LogP contribution in [0.3, 0.4) is 0 Å². The highest BCUT2D eigenvalue weighted by Crippen LogP contribution is 2.30. The zero-order valence-electron chi connectivity index (χ0n) is 12.2. The second-order valence-electron chi connectivity index (χ2n) is 5.07. The van der Waals surface area contributed by atoms with Crippen molar-refractivity contribution >= 4 is 0 Å². The molecule has 1 aromatic carbocycles. The van der Waals surface area contributed by atoms with E-state index in [0.717, 1.165) is 5.56 Å². The minimum Gasteiger partial charge on any atom is -0.496 e. The first kappa shape index (κ1) is 16.0. The standard InChI is InChI=1S/C15H25NO3/c1-10(2)12-5-6-14(19-4)13(9-12)15(18)11(3)16-7-8-17/h5-6,9-11,15-18H,7-8H2,1-4H3. The highest BCUT2D eigenvalue weighted by atomic mass is 16.5. The minimum atomic E-state index is -0.666. The largest absolute Gasteiger partial charge is 0.496 e. The molecule has 0 saturated carbocycles. The molecular formula is C15H25NO3. The Bertz CT molecular complexity index is 393. The van der Waals surface area contributed by atoms with Crippen LogP contribution < -0.4 is 10.1 Å². The third kappa shape index (κ3) is 4.20. The first-order valence-corrected chi connectivity index (χ1v) is 6.71. The average molecular weight is 267 g/mol. The third-order valence-corrected chi connectivity index (χ3v) is 3.29. The first-order valence-electron chi connectivity index (χ1n) is 6.71. The van der Waals surface area contributed by atoms with Crippen molar-refractivity contribution in [3.8, 4) is 5.75 Å². The predicted molar refractivity (Wildman–Crippen MR) is 76.6 cm³/mol. The lowest BCUT2D eigenvalue weighted by Gasteiger charge is -2.23. The zero-order chi connectivity index (χ0) is 14.4. The van der Waals surface area contributed by atoms with Gasteiger partial charge in [0.1, 0.15) is 5.75 Å². The Balaban J connectivity index is 2.98. The van der Waals surface area contributed by atoms with E-state index in [2.05, 4.69) is 19.2 Å². The molecule has 0 amide bonds. The number of aliphatic hydroxyl groups excluding tert-OH is 2. The van der Waals surface area contributed by atoms with Crippen LogP contribution >= 0.6 is 0 Å². The summed E-state index contributed by atoms with van der Waals surface area (Å²) in [5.41, 5.74) is 1.95. The van der Waals surface area contributed by atoms with E-state index in [1.54, 1.807) is 7.11 Å². The molecule has 0 aliphatic rings. The zero-order valence-corrected chi connectivity index (χ0v) is 12.2. The number of hydrogen-bond donors (Lipinski definition) is 3. The monoisotopic (exact) mass is 267 g/mol. The maximum atomic E-state index is 10.4. The summed E-state index contributed by atoms with van der Waals surface area (Å²) in [7, 11) is 1.60. The second-order valence-corrected chi connectivity index (χ2v) is 5.07. The number of rotatable bonds is 7. The summed E-state index contributed by atoms with van der Waals surface area (Å²) in [5, 5.41) is 22.3. The van der Waals surface area contributed by atoms with Crippen molar-refractivity contribution in [3.05, 3.63) is 29.3 Å². The van der Waals surface area contributed by atoms with Crippen LogP contribution in [0, 0.1) is 0 Å². The number of ether oxygens (including phenoxy) is 1. The summed E-state index contributed by atoms with van der Waals surface area (Å²) in [6.45, 7) is 6.64. The van der Waals surface area contributed by atoms with Crippen molar-refractivity contribution in [1.82, 2.24) is 5.32 Å². The molecule has 0 bridgehead atoms. The normalized spacial score (nSPS) is 14.5. The molecule has 2 atom stereocenters. The second kappa shape index (κ2) is 7.48. The van der Waals surface area contributed by atoms with Gasteiger partial charge >= 0.3 is 0 Å². The maximum Gasteiger partial charge on any atom is 0.124 e. The Kier molecular flexibility index (Phi) is 6.28. The van der Waals surface area contributed by atoms with E-state index in [4.69, 9.17) is 9.84 Å². The smallest absolute Gasteiger partial charge is 0.124 e. The van der Waals surface area contributed by atoms with Crippen molar-refractivity contribution in [2.24, 2.45) is 0 Å². The summed E-state index contributed by atoms with van der Waals surface area (Å²) >= 11 is 0. The molecule has 2 unspecified atom stereocenters. The van der Waals surface area contributed by atoms with Crippen molar-refractivity contribution in [2.75, 3.05) is 20.3 Å². The van der Waals surface area contributed by atoms with Crippen LogP contribution in [0.15, 0.2) is 18.2 Å². The fourth-order valence-corrected chi connectivity index (χ4v) is 2.02. The van der Waals surface area contributed by atoms with Crippen LogP contribution in [-0.2, 0) is 0 Å². The summed E-state index contributed by atoms with van der Waals surface area (Å²) < 4.78 is 5.32. The number of benzene rings is 1. The van der Waals surface area contributed by atoms with E-state index in [-0.39, 0.29) is 12.6 Å². The third-order valence-electron chi connectivity index (χ3n) is 3.29. The Morgan fingerprint density at radius 1 is 1.26 bits per heavy atom. The van der Waals surface area contributed by atoms with Crippen LogP contribution in [0.25, 0.3) is 0 Å². The van der Waals surface area contributed by atoms with Crippen molar-refractivity contribution < 1.29 is 14.9 Å². The highest BCUT2D eigenvalue weighted by Gasteiger charge is 2.20. The molecule has 3 N–H and O–H groups in total. The molecule has 19 heavy (non-hydrogen) atoms. The fourth-order valence-electron chi connectivity index (χ4n) is 2.02. The van der Waals surface area contributed by atoms with E-state index in [9.17, 15) is 5.11 Å². The van der Waals surface area contributed by atoms with Crippen LogP contribution in [-0.4, -0.2) is 36.5 Å². The van der Waals surface area contributed by atoms with Gasteiger partial charge in [0.2, 0.25) is 0 Å². The van der Waals surface area contributed by atoms with Gasteiger partial charge in [0.15, 0.2) is 0 Å². The molecule has 0 saturated heterocycles. The molecule has 0 heterocycles. The maximum absolute atomic E-state index is 10.4. The first-order chi connectivity index (χ1) is 9.01. The molecule has 4 nitrogen and oxygen atoms in total. The van der Waals surface area contributed by atoms with Gasteiger partial charge in [0.05, 0.1) is 19.8 Å². The van der Waals surface area contributed by atoms with E-state index < -0.39 is 6.10 Å². The van der Waals surface area contributed by atoms with E-state index in [0.29, 0.717) is 18.2 Å². The van der Waals surface area contributed by atoms with Gasteiger partial charge in [-0.15, -0.1) is 0 Å². The Morgan fingerprint density at radius 2 is 1.95 bits per heavy atom. The quantitative estimate of drug-likeness (QED) is 0.705. The molecule has 0 aliphatic carbocycles. The molecule has 4 heteroatoms. The van der Waals surface area contributed by atoms with Gasteiger partial charge in [0, 0.05) is 18.2 Å². The van der Waals surface area contributed by atoms with Crippen LogP contribution in [0.2, 0.25) is 0 Å². The predicted octanol–water partition coefficient (Wildman–Crippen LogP) is 1.82. The molecular weight excluding hydrogens is 242 g/mol. The summed E-state index contributed by atoms with van der Waals surface area (Å²) in [5.74, 6) is 1.09. The number of methoxy groups -OCH3 is 1. The molecule has 0 radical (unpaired) electrons. The molecule has 0 aliphatic heterocycles. The van der Waals surface area contributed by atoms with Gasteiger partial charge in [-0.25, -0.2) is 0 Å². The van der Waals surface area contributed by atoms with Gasteiger partial charge in [-0.3, -0.25) is 0 Å². The average Bonchev–Trinajstić information content (AvgIpc) is 2.42. The van der Waals surface area contributed by atoms with Gasteiger partial charge in [-0.2, -0.15) is 0 Å². The number of nitrogens with one attached hydrogen (secondary N) is 1. The molecule has 0 fully saturated rings. The van der Waals surface area contributed by atoms with Crippen LogP contribution in [0.4, 0.5) is 0 Å². The lowest BCUT2D eigenvalue weighted by molar-refractivity contribution is 0.129. The van der Waals surface area contributed by atoms with Gasteiger partial charge in [-0.1, -0.05) is 19.9 Å². The Morgan fingerprint density at radius 3 is 2.47 bits per heavy atom. The SMILES string of the molecule is COc1ccc(C(C)C)cc1C(O)C(C)NCCO. The number of hydrogen-bond acceptors (Lipinski definition) is 4.